The fourth-order valence-electron chi connectivity index (χ4n) is 2.76. The lowest BCUT2D eigenvalue weighted by molar-refractivity contribution is -0.274. The molecule has 0 aliphatic heterocycles. The first-order valence-corrected chi connectivity index (χ1v) is 9.02. The number of halogens is 5. The number of oxime groups is 1. The summed E-state index contributed by atoms with van der Waals surface area (Å²) in [4.78, 5) is 17.3. The van der Waals surface area contributed by atoms with Crippen LogP contribution < -0.4 is 10.1 Å². The van der Waals surface area contributed by atoms with E-state index in [0.29, 0.717) is 16.7 Å². The number of carbonyl (C=O) groups excluding carboxylic acids is 1. The average Bonchev–Trinajstić information content (AvgIpc) is 3.01. The van der Waals surface area contributed by atoms with Gasteiger partial charge < -0.3 is 14.9 Å². The molecule has 0 saturated heterocycles. The van der Waals surface area contributed by atoms with E-state index >= 15 is 0 Å². The lowest BCUT2D eigenvalue weighted by Gasteiger charge is -2.13. The molecule has 7 nitrogen and oxygen atoms in total. The minimum atomic E-state index is -4.79. The SMILES string of the molecule is Cc1cc(OC(F)(F)F)cc(C)c1/C=N/OCC(C)NC(=O)c1cn(C)nc1C(F)F. The predicted molar refractivity (Wildman–Crippen MR) is 101 cm³/mol. The Labute approximate surface area is 174 Å². The van der Waals surface area contributed by atoms with Crippen LogP contribution in [0.15, 0.2) is 23.5 Å². The highest BCUT2D eigenvalue weighted by atomic mass is 19.4. The smallest absolute Gasteiger partial charge is 0.406 e. The van der Waals surface area contributed by atoms with Crippen LogP contribution in [-0.2, 0) is 11.9 Å². The summed E-state index contributed by atoms with van der Waals surface area (Å²) in [5.74, 6) is -1.06. The molecule has 2 rings (SSSR count). The van der Waals surface area contributed by atoms with E-state index in [9.17, 15) is 26.7 Å². The molecule has 0 bridgehead atoms. The van der Waals surface area contributed by atoms with E-state index in [0.717, 1.165) is 4.68 Å². The molecule has 170 valence electrons. The number of amides is 1. The van der Waals surface area contributed by atoms with Gasteiger partial charge in [0, 0.05) is 18.8 Å². The molecule has 12 heteroatoms. The molecule has 1 aromatic heterocycles. The van der Waals surface area contributed by atoms with E-state index in [1.54, 1.807) is 20.8 Å². The van der Waals surface area contributed by atoms with Gasteiger partial charge in [0.15, 0.2) is 0 Å². The molecular weight excluding hydrogens is 427 g/mol. The van der Waals surface area contributed by atoms with E-state index in [-0.39, 0.29) is 17.9 Å². The summed E-state index contributed by atoms with van der Waals surface area (Å²) in [6.45, 7) is 4.70. The van der Waals surface area contributed by atoms with Gasteiger partial charge in [-0.3, -0.25) is 9.48 Å². The van der Waals surface area contributed by atoms with E-state index in [2.05, 4.69) is 20.3 Å². The predicted octanol–water partition coefficient (Wildman–Crippen LogP) is 4.04. The van der Waals surface area contributed by atoms with Crippen LogP contribution in [0, 0.1) is 13.8 Å². The third kappa shape index (κ3) is 6.93. The third-order valence-electron chi connectivity index (χ3n) is 4.07. The summed E-state index contributed by atoms with van der Waals surface area (Å²) in [6, 6.07) is 1.87. The van der Waals surface area contributed by atoms with Crippen molar-refractivity contribution in [1.29, 1.82) is 0 Å². The number of alkyl halides is 5. The number of nitrogens with one attached hydrogen (secondary N) is 1. The Kier molecular flexibility index (Phi) is 7.58. The van der Waals surface area contributed by atoms with Gasteiger partial charge in [-0.2, -0.15) is 5.10 Å². The molecule has 0 fully saturated rings. The van der Waals surface area contributed by atoms with E-state index in [1.807, 2.05) is 0 Å². The van der Waals surface area contributed by atoms with Crippen molar-refractivity contribution in [3.63, 3.8) is 0 Å². The van der Waals surface area contributed by atoms with Crippen LogP contribution in [0.1, 0.15) is 46.1 Å². The topological polar surface area (TPSA) is 77.7 Å². The molecule has 1 heterocycles. The van der Waals surface area contributed by atoms with Gasteiger partial charge in [0.25, 0.3) is 12.3 Å². The summed E-state index contributed by atoms with van der Waals surface area (Å²) in [6.07, 6.45) is -5.16. The number of rotatable bonds is 8. The lowest BCUT2D eigenvalue weighted by Crippen LogP contribution is -2.35. The second kappa shape index (κ2) is 9.75. The molecule has 2 aromatic rings. The first-order valence-electron chi connectivity index (χ1n) is 9.02. The molecule has 1 atom stereocenters. The molecule has 1 N–H and O–H groups in total. The maximum atomic E-state index is 13.0. The van der Waals surface area contributed by atoms with Crippen molar-refractivity contribution < 1.29 is 36.3 Å². The highest BCUT2D eigenvalue weighted by molar-refractivity contribution is 5.95. The van der Waals surface area contributed by atoms with Gasteiger partial charge in [0.1, 0.15) is 18.1 Å². The quantitative estimate of drug-likeness (QED) is 0.376. The van der Waals surface area contributed by atoms with Crippen molar-refractivity contribution in [1.82, 2.24) is 15.1 Å². The van der Waals surface area contributed by atoms with Crippen molar-refractivity contribution in [2.45, 2.75) is 39.6 Å². The van der Waals surface area contributed by atoms with Crippen LogP contribution in [0.3, 0.4) is 0 Å². The third-order valence-corrected chi connectivity index (χ3v) is 4.07. The van der Waals surface area contributed by atoms with Crippen molar-refractivity contribution in [2.75, 3.05) is 6.61 Å². The van der Waals surface area contributed by atoms with E-state index < -0.39 is 30.4 Å². The summed E-state index contributed by atoms with van der Waals surface area (Å²) in [7, 11) is 1.43. The zero-order chi connectivity index (χ0) is 23.3. The Morgan fingerprint density at radius 1 is 1.29 bits per heavy atom. The summed E-state index contributed by atoms with van der Waals surface area (Å²) in [5.41, 5.74) is 0.673. The Bertz CT molecular complexity index is 934. The Balaban J connectivity index is 1.94. The van der Waals surface area contributed by atoms with Gasteiger partial charge in [-0.25, -0.2) is 8.78 Å². The molecule has 0 aliphatic carbocycles. The van der Waals surface area contributed by atoms with E-state index in [4.69, 9.17) is 4.84 Å². The number of hydrogen-bond acceptors (Lipinski definition) is 5. The van der Waals surface area contributed by atoms with E-state index in [1.165, 1.54) is 31.6 Å². The zero-order valence-corrected chi connectivity index (χ0v) is 17.1. The van der Waals surface area contributed by atoms with Crippen LogP contribution in [0.5, 0.6) is 5.75 Å². The maximum absolute atomic E-state index is 13.0. The Morgan fingerprint density at radius 3 is 2.45 bits per heavy atom. The van der Waals surface area contributed by atoms with Crippen molar-refractivity contribution in [3.8, 4) is 5.75 Å². The van der Waals surface area contributed by atoms with Gasteiger partial charge in [-0.15, -0.1) is 13.2 Å². The fraction of sp³-hybridized carbons (Fsp3) is 0.421. The van der Waals surface area contributed by atoms with Gasteiger partial charge in [0.2, 0.25) is 0 Å². The van der Waals surface area contributed by atoms with Gasteiger partial charge in [-0.05, 0) is 44.0 Å². The molecule has 31 heavy (non-hydrogen) atoms. The maximum Gasteiger partial charge on any atom is 0.573 e. The van der Waals surface area contributed by atoms with Crippen LogP contribution in [-0.4, -0.2) is 40.9 Å². The molecule has 0 radical (unpaired) electrons. The number of hydrogen-bond donors (Lipinski definition) is 1. The second-order valence-electron chi connectivity index (χ2n) is 6.83. The first-order chi connectivity index (χ1) is 14.4. The number of ether oxygens (including phenoxy) is 1. The number of aryl methyl sites for hydroxylation is 3. The Hall–Kier alpha value is -3.18. The largest absolute Gasteiger partial charge is 0.573 e. The minimum absolute atomic E-state index is 0.0696. The van der Waals surface area contributed by atoms with Crippen molar-refractivity contribution in [3.05, 3.63) is 46.3 Å². The Morgan fingerprint density at radius 2 is 1.90 bits per heavy atom. The zero-order valence-electron chi connectivity index (χ0n) is 17.1. The monoisotopic (exact) mass is 448 g/mol. The minimum Gasteiger partial charge on any atom is -0.406 e. The summed E-state index contributed by atoms with van der Waals surface area (Å²) in [5, 5.41) is 9.84. The summed E-state index contributed by atoms with van der Waals surface area (Å²) >= 11 is 0. The molecule has 1 unspecified atom stereocenters. The molecule has 1 amide bonds. The molecule has 0 saturated carbocycles. The molecular formula is C19H21F5N4O3. The highest BCUT2D eigenvalue weighted by Crippen LogP contribution is 2.26. The fourth-order valence-corrected chi connectivity index (χ4v) is 2.76. The molecule has 1 aromatic carbocycles. The van der Waals surface area contributed by atoms with Gasteiger partial charge in [0.05, 0.1) is 17.8 Å². The van der Waals surface area contributed by atoms with Crippen molar-refractivity contribution in [2.24, 2.45) is 12.2 Å². The van der Waals surface area contributed by atoms with Crippen LogP contribution >= 0.6 is 0 Å². The van der Waals surface area contributed by atoms with Crippen LogP contribution in [0.2, 0.25) is 0 Å². The second-order valence-corrected chi connectivity index (χ2v) is 6.83. The highest BCUT2D eigenvalue weighted by Gasteiger charge is 2.31. The standard InChI is InChI=1S/C19H21F5N4O3/c1-10-5-13(31-19(22,23)24)6-11(2)14(10)7-25-30-9-12(3)26-18(29)15-8-28(4)27-16(15)17(20)21/h5-8,12,17H,9H2,1-4H3,(H,26,29)/b25-7+. The van der Waals surface area contributed by atoms with Crippen LogP contribution in [0.25, 0.3) is 0 Å². The average molecular weight is 448 g/mol. The van der Waals surface area contributed by atoms with Gasteiger partial charge >= 0.3 is 6.36 Å². The first kappa shape index (κ1) is 24.1. The lowest BCUT2D eigenvalue weighted by atomic mass is 10.0. The normalized spacial score (nSPS) is 13.0. The molecule has 0 spiro atoms. The van der Waals surface area contributed by atoms with Gasteiger partial charge in [-0.1, -0.05) is 5.16 Å². The number of carbonyl (C=O) groups is 1. The molecule has 0 aliphatic rings. The summed E-state index contributed by atoms with van der Waals surface area (Å²) < 4.78 is 68.0. The number of aromatic nitrogens is 2. The van der Waals surface area contributed by atoms with Crippen molar-refractivity contribution >= 4 is 12.1 Å². The number of benzene rings is 1. The van der Waals surface area contributed by atoms with Crippen LogP contribution in [0.4, 0.5) is 22.0 Å². The number of nitrogens with zero attached hydrogens (tertiary/aromatic N) is 3.